The second kappa shape index (κ2) is 11.5. The molecule has 0 radical (unpaired) electrons. The number of aryl methyl sites for hydroxylation is 1. The highest BCUT2D eigenvalue weighted by Gasteiger charge is 2.22. The highest BCUT2D eigenvalue weighted by atomic mass is 16.5. The van der Waals surface area contributed by atoms with E-state index < -0.39 is 7.05 Å². The molecule has 0 saturated carbocycles. The highest BCUT2D eigenvalue weighted by Crippen LogP contribution is 2.28. The largest absolute Gasteiger partial charge is 0.490 e. The van der Waals surface area contributed by atoms with Crippen LogP contribution in [0, 0.1) is 6.92 Å². The Morgan fingerprint density at radius 2 is 1.77 bits per heavy atom. The Bertz CT molecular complexity index is 1580. The minimum Gasteiger partial charge on any atom is -0.490 e. The molecular weight excluding hydrogens is 501 g/mol. The number of hydrogen-bond donors (Lipinski definition) is 2. The number of hydrogen-bond acceptors (Lipinski definition) is 8. The number of imidazole rings is 1. The van der Waals surface area contributed by atoms with Gasteiger partial charge >= 0.3 is 7.05 Å². The maximum Gasteiger partial charge on any atom is 0.408 e. The van der Waals surface area contributed by atoms with E-state index in [1.807, 2.05) is 60.0 Å². The predicted octanol–water partition coefficient (Wildman–Crippen LogP) is 4.75. The first-order valence-electron chi connectivity index (χ1n) is 13.7. The summed E-state index contributed by atoms with van der Waals surface area (Å²) < 4.78 is 8.43. The van der Waals surface area contributed by atoms with Gasteiger partial charge in [-0.25, -0.2) is 15.0 Å². The van der Waals surface area contributed by atoms with Gasteiger partial charge in [0.15, 0.2) is 11.5 Å². The van der Waals surface area contributed by atoms with Crippen LogP contribution in [0.25, 0.3) is 28.4 Å². The summed E-state index contributed by atoms with van der Waals surface area (Å²) in [7, 11) is -0.636. The van der Waals surface area contributed by atoms with E-state index in [9.17, 15) is 5.02 Å². The SMILES string of the molecule is CB(O)Nc1cc(CN2CCC(Oc3ccc(-n4c(-c5ccccn5)nc5cccnc54)cc3)CC2)cc(C)n1. The molecule has 2 N–H and O–H groups in total. The molecule has 0 bridgehead atoms. The molecule has 5 aromatic rings. The third kappa shape index (κ3) is 5.83. The second-order valence-electron chi connectivity index (χ2n) is 10.2. The number of pyridine rings is 3. The van der Waals surface area contributed by atoms with E-state index in [-0.39, 0.29) is 6.10 Å². The molecule has 1 fully saturated rings. The lowest BCUT2D eigenvalue weighted by Crippen LogP contribution is -2.37. The van der Waals surface area contributed by atoms with Gasteiger partial charge in [-0.3, -0.25) is 14.5 Å². The average Bonchev–Trinajstić information content (AvgIpc) is 3.34. The number of nitrogens with zero attached hydrogens (tertiary/aromatic N) is 6. The zero-order valence-electron chi connectivity index (χ0n) is 22.7. The first-order chi connectivity index (χ1) is 19.5. The van der Waals surface area contributed by atoms with Crippen LogP contribution in [0.2, 0.25) is 6.82 Å². The molecule has 4 aromatic heterocycles. The van der Waals surface area contributed by atoms with Crippen LogP contribution in [0.4, 0.5) is 5.82 Å². The van der Waals surface area contributed by atoms with Crippen molar-refractivity contribution in [1.29, 1.82) is 0 Å². The summed E-state index contributed by atoms with van der Waals surface area (Å²) in [4.78, 5) is 20.8. The van der Waals surface area contributed by atoms with Crippen LogP contribution in [0.1, 0.15) is 24.1 Å². The van der Waals surface area contributed by atoms with Crippen molar-refractivity contribution in [3.63, 3.8) is 0 Å². The second-order valence-corrected chi connectivity index (χ2v) is 10.2. The molecule has 0 unspecified atom stereocenters. The molecular formula is C30H32BN7O2. The maximum absolute atomic E-state index is 9.64. The van der Waals surface area contributed by atoms with E-state index in [1.54, 1.807) is 19.2 Å². The number of piperidine rings is 1. The van der Waals surface area contributed by atoms with E-state index in [2.05, 4.69) is 43.3 Å². The van der Waals surface area contributed by atoms with Gasteiger partial charge in [0.05, 0.1) is 0 Å². The quantitative estimate of drug-likeness (QED) is 0.276. The summed E-state index contributed by atoms with van der Waals surface area (Å²) in [6.07, 6.45) is 5.66. The third-order valence-electron chi connectivity index (χ3n) is 7.02. The van der Waals surface area contributed by atoms with E-state index in [4.69, 9.17) is 9.72 Å². The monoisotopic (exact) mass is 533 g/mol. The fraction of sp³-hybridized carbons (Fsp3) is 0.267. The minimum atomic E-state index is -0.636. The molecule has 1 aliphatic rings. The lowest BCUT2D eigenvalue weighted by Gasteiger charge is -2.32. The predicted molar refractivity (Wildman–Crippen MR) is 157 cm³/mol. The summed E-state index contributed by atoms with van der Waals surface area (Å²) in [5.74, 6) is 2.32. The van der Waals surface area contributed by atoms with Crippen molar-refractivity contribution in [2.24, 2.45) is 0 Å². The smallest absolute Gasteiger partial charge is 0.408 e. The number of benzene rings is 1. The molecule has 0 atom stereocenters. The van der Waals surface area contributed by atoms with Gasteiger partial charge in [-0.2, -0.15) is 0 Å². The summed E-state index contributed by atoms with van der Waals surface area (Å²) in [5, 5.41) is 12.6. The van der Waals surface area contributed by atoms with Gasteiger partial charge in [0, 0.05) is 43.4 Å². The molecule has 0 spiro atoms. The van der Waals surface area contributed by atoms with Crippen molar-refractivity contribution in [1.82, 2.24) is 29.4 Å². The number of aromatic nitrogens is 5. The van der Waals surface area contributed by atoms with E-state index in [0.717, 1.165) is 72.3 Å². The summed E-state index contributed by atoms with van der Waals surface area (Å²) in [6, 6.07) is 22.0. The van der Waals surface area contributed by atoms with Crippen molar-refractivity contribution >= 4 is 24.0 Å². The molecule has 1 aliphatic heterocycles. The standard InChI is InChI=1S/C30H32BN7O2/c1-21-18-22(19-28(34-21)36-31(2)39)20-37-16-12-25(13-17-37)40-24-10-8-23(9-11-24)38-29-27(7-5-15-33-29)35-30(38)26-6-3-4-14-32-26/h3-11,14-15,18-19,25,39H,12-13,16-17,20H2,1-2H3,(H,34,36). The van der Waals surface area contributed by atoms with Crippen molar-refractivity contribution < 1.29 is 9.76 Å². The van der Waals surface area contributed by atoms with Gasteiger partial charge in [-0.15, -0.1) is 0 Å². The number of fused-ring (bicyclic) bond motifs is 1. The molecule has 1 aromatic carbocycles. The summed E-state index contributed by atoms with van der Waals surface area (Å²) in [5.41, 5.74) is 5.51. The van der Waals surface area contributed by atoms with Gasteiger partial charge in [0.1, 0.15) is 28.9 Å². The van der Waals surface area contributed by atoms with Crippen molar-refractivity contribution in [2.45, 2.75) is 39.2 Å². The Balaban J connectivity index is 1.11. The van der Waals surface area contributed by atoms with Gasteiger partial charge in [-0.05, 0) is 92.8 Å². The van der Waals surface area contributed by atoms with Crippen LogP contribution >= 0.6 is 0 Å². The van der Waals surface area contributed by atoms with Crippen LogP contribution in [0.15, 0.2) is 79.1 Å². The van der Waals surface area contributed by atoms with Crippen molar-refractivity contribution in [2.75, 3.05) is 18.3 Å². The number of rotatable bonds is 8. The molecule has 5 heterocycles. The minimum absolute atomic E-state index is 0.175. The van der Waals surface area contributed by atoms with Crippen LogP contribution in [0.5, 0.6) is 5.75 Å². The van der Waals surface area contributed by atoms with Crippen LogP contribution in [-0.4, -0.2) is 60.7 Å². The Morgan fingerprint density at radius 3 is 2.52 bits per heavy atom. The van der Waals surface area contributed by atoms with Gasteiger partial charge in [0.2, 0.25) is 0 Å². The van der Waals surface area contributed by atoms with Gasteiger partial charge < -0.3 is 15.0 Å². The first-order valence-corrected chi connectivity index (χ1v) is 13.7. The average molecular weight is 533 g/mol. The molecule has 0 amide bonds. The molecule has 1 saturated heterocycles. The molecule has 9 nitrogen and oxygen atoms in total. The van der Waals surface area contributed by atoms with E-state index in [0.29, 0.717) is 5.82 Å². The van der Waals surface area contributed by atoms with Crippen LogP contribution < -0.4 is 9.96 Å². The van der Waals surface area contributed by atoms with Crippen LogP contribution in [-0.2, 0) is 6.54 Å². The van der Waals surface area contributed by atoms with Gasteiger partial charge in [-0.1, -0.05) is 6.07 Å². The Hall–Kier alpha value is -4.28. The number of likely N-dealkylation sites (tertiary alicyclic amines) is 1. The Morgan fingerprint density at radius 1 is 0.975 bits per heavy atom. The lowest BCUT2D eigenvalue weighted by atomic mass is 9.89. The normalized spacial score (nSPS) is 14.4. The number of ether oxygens (including phenoxy) is 1. The zero-order chi connectivity index (χ0) is 27.5. The fourth-order valence-corrected chi connectivity index (χ4v) is 5.25. The topological polar surface area (TPSA) is 101 Å². The van der Waals surface area contributed by atoms with E-state index >= 15 is 0 Å². The van der Waals surface area contributed by atoms with Crippen molar-refractivity contribution in [3.8, 4) is 23.0 Å². The summed E-state index contributed by atoms with van der Waals surface area (Å²) in [6.45, 7) is 6.45. The fourth-order valence-electron chi connectivity index (χ4n) is 5.25. The van der Waals surface area contributed by atoms with Gasteiger partial charge in [0.25, 0.3) is 0 Å². The highest BCUT2D eigenvalue weighted by molar-refractivity contribution is 6.52. The van der Waals surface area contributed by atoms with Crippen LogP contribution in [0.3, 0.4) is 0 Å². The molecule has 40 heavy (non-hydrogen) atoms. The lowest BCUT2D eigenvalue weighted by molar-refractivity contribution is 0.0968. The zero-order valence-corrected chi connectivity index (χ0v) is 22.7. The molecule has 10 heteroatoms. The van der Waals surface area contributed by atoms with Crippen molar-refractivity contribution in [3.05, 3.63) is 90.4 Å². The maximum atomic E-state index is 9.64. The number of nitrogens with one attached hydrogen (secondary N) is 1. The Kier molecular flexibility index (Phi) is 7.44. The van der Waals surface area contributed by atoms with E-state index in [1.165, 1.54) is 5.56 Å². The molecule has 0 aliphatic carbocycles. The third-order valence-corrected chi connectivity index (χ3v) is 7.02. The molecule has 202 valence electrons. The molecule has 6 rings (SSSR count). The first kappa shape index (κ1) is 26.0. The Labute approximate surface area is 234 Å². The number of anilines is 1. The summed E-state index contributed by atoms with van der Waals surface area (Å²) >= 11 is 0.